The molecule has 0 saturated carbocycles. The molecule has 1 aliphatic heterocycles. The molecule has 0 aromatic carbocycles. The zero-order valence-corrected chi connectivity index (χ0v) is 4.51. The van der Waals surface area contributed by atoms with Crippen molar-refractivity contribution in [2.75, 3.05) is 0 Å². The number of amides is 1. The van der Waals surface area contributed by atoms with Crippen molar-refractivity contribution in [2.45, 2.75) is 13.3 Å². The molecule has 3 nitrogen and oxygen atoms in total. The molecule has 1 amide bonds. The van der Waals surface area contributed by atoms with E-state index in [1.54, 1.807) is 0 Å². The van der Waals surface area contributed by atoms with Gasteiger partial charge in [-0.25, -0.2) is 0 Å². The first-order valence-corrected chi connectivity index (χ1v) is 2.41. The largest absolute Gasteiger partial charge is 0.377 e. The van der Waals surface area contributed by atoms with Crippen molar-refractivity contribution in [1.82, 2.24) is 0 Å². The molecular weight excluding hydrogens is 104 g/mol. The van der Waals surface area contributed by atoms with Crippen LogP contribution in [0.25, 0.3) is 0 Å². The second-order valence-corrected chi connectivity index (χ2v) is 1.43. The Hall–Kier alpha value is -0.990. The molecule has 0 fully saturated rings. The van der Waals surface area contributed by atoms with Gasteiger partial charge in [0.25, 0.3) is 0 Å². The fourth-order valence-electron chi connectivity index (χ4n) is 0.473. The zero-order valence-electron chi connectivity index (χ0n) is 4.51. The molecule has 0 unspecified atom stereocenters. The fourth-order valence-corrected chi connectivity index (χ4v) is 0.473. The third kappa shape index (κ3) is 0.665. The van der Waals surface area contributed by atoms with E-state index in [0.717, 1.165) is 0 Å². The molecule has 42 valence electrons. The highest BCUT2D eigenvalue weighted by molar-refractivity contribution is 6.43. The molecule has 1 heterocycles. The maximum absolute atomic E-state index is 10.4. The summed E-state index contributed by atoms with van der Waals surface area (Å²) < 4.78 is 0. The Morgan fingerprint density at radius 1 is 1.75 bits per heavy atom. The first-order chi connectivity index (χ1) is 3.84. The number of carbonyl (C=O) groups is 1. The molecule has 0 N–H and O–H groups in total. The van der Waals surface area contributed by atoms with Gasteiger partial charge in [-0.05, 0) is 5.71 Å². The van der Waals surface area contributed by atoms with Gasteiger partial charge in [-0.1, -0.05) is 13.3 Å². The summed E-state index contributed by atoms with van der Waals surface area (Å²) in [5.74, 6) is -0.243. The summed E-state index contributed by atoms with van der Waals surface area (Å²) in [5, 5.41) is 0. The number of aliphatic imine (C=N–C) groups is 2. The Morgan fingerprint density at radius 2 is 2.50 bits per heavy atom. The molecule has 0 aliphatic carbocycles. The van der Waals surface area contributed by atoms with Gasteiger partial charge in [0.05, 0.1) is 0 Å². The lowest BCUT2D eigenvalue weighted by Crippen LogP contribution is -2.04. The van der Waals surface area contributed by atoms with Crippen LogP contribution in [0.3, 0.4) is 0 Å². The monoisotopic (exact) mass is 109 g/mol. The quantitative estimate of drug-likeness (QED) is 0.446. The number of carbonyl (C=O) groups excluding carboxylic acids is 1. The van der Waals surface area contributed by atoms with Crippen LogP contribution in [0.5, 0.6) is 0 Å². The van der Waals surface area contributed by atoms with E-state index in [1.165, 1.54) is 0 Å². The van der Waals surface area contributed by atoms with E-state index in [-0.39, 0.29) is 5.91 Å². The van der Waals surface area contributed by atoms with E-state index in [1.807, 2.05) is 6.92 Å². The van der Waals surface area contributed by atoms with Crippen molar-refractivity contribution in [3.63, 3.8) is 0 Å². The third-order valence-corrected chi connectivity index (χ3v) is 0.918. The van der Waals surface area contributed by atoms with Gasteiger partial charge in [0.15, 0.2) is 0 Å². The van der Waals surface area contributed by atoms with Crippen LogP contribution in [0.1, 0.15) is 13.3 Å². The predicted molar refractivity (Wildman–Crippen MR) is 30.2 cm³/mol. The van der Waals surface area contributed by atoms with Gasteiger partial charge < -0.3 is 14.8 Å². The van der Waals surface area contributed by atoms with Gasteiger partial charge in [0.2, 0.25) is 0 Å². The maximum atomic E-state index is 10.4. The summed E-state index contributed by atoms with van der Waals surface area (Å²) >= 11 is 0. The van der Waals surface area contributed by atoms with Gasteiger partial charge in [0.1, 0.15) is 5.91 Å². The maximum Gasteiger partial charge on any atom is 0.131 e. The van der Waals surface area contributed by atoms with E-state index < -0.39 is 0 Å². The summed E-state index contributed by atoms with van der Waals surface area (Å²) in [6.45, 7) is 1.86. The van der Waals surface area contributed by atoms with Crippen molar-refractivity contribution in [2.24, 2.45) is 9.98 Å². The highest BCUT2D eigenvalue weighted by Crippen LogP contribution is 1.93. The van der Waals surface area contributed by atoms with Crippen LogP contribution in [0.2, 0.25) is 0 Å². The number of hydrogen-bond acceptors (Lipinski definition) is 2. The molecule has 0 atom stereocenters. The number of rotatable bonds is 1. The topological polar surface area (TPSA) is 41.8 Å². The summed E-state index contributed by atoms with van der Waals surface area (Å²) in [5.41, 5.74) is 0.505. The molecule has 0 aromatic heterocycles. The van der Waals surface area contributed by atoms with Crippen LogP contribution >= 0.6 is 0 Å². The van der Waals surface area contributed by atoms with E-state index >= 15 is 0 Å². The zero-order chi connectivity index (χ0) is 5.98. The Bertz CT molecular complexity index is 169. The fraction of sp³-hybridized carbons (Fsp3) is 0.400. The minimum atomic E-state index is -0.243. The van der Waals surface area contributed by atoms with Crippen molar-refractivity contribution in [3.05, 3.63) is 0 Å². The predicted octanol–water partition coefficient (Wildman–Crippen LogP) is 0.283. The summed E-state index contributed by atoms with van der Waals surface area (Å²) in [6.07, 6.45) is 2.88. The van der Waals surface area contributed by atoms with Crippen LogP contribution < -0.4 is 0 Å². The van der Waals surface area contributed by atoms with Crippen molar-refractivity contribution in [1.29, 1.82) is 0 Å². The van der Waals surface area contributed by atoms with Crippen molar-refractivity contribution >= 4 is 18.0 Å². The minimum Gasteiger partial charge on any atom is -0.377 e. The van der Waals surface area contributed by atoms with Gasteiger partial charge >= 0.3 is 0 Å². The van der Waals surface area contributed by atoms with Crippen LogP contribution in [0, 0.1) is 0 Å². The number of nitrogens with zero attached hydrogens (tertiary/aromatic N) is 2. The molecule has 0 saturated heterocycles. The third-order valence-electron chi connectivity index (χ3n) is 0.918. The number of hydrogen-bond donors (Lipinski definition) is 0. The molecule has 0 aromatic rings. The smallest absolute Gasteiger partial charge is 0.131 e. The Labute approximate surface area is 47.1 Å². The second-order valence-electron chi connectivity index (χ2n) is 1.43. The first kappa shape index (κ1) is 5.15. The van der Waals surface area contributed by atoms with Crippen LogP contribution in [-0.2, 0) is 4.79 Å². The first-order valence-electron chi connectivity index (χ1n) is 2.41. The Kier molecular flexibility index (Phi) is 1.20. The normalized spacial score (nSPS) is 17.1. The average molecular weight is 109 g/mol. The minimum absolute atomic E-state index is 0.243. The van der Waals surface area contributed by atoms with Crippen molar-refractivity contribution < 1.29 is 4.79 Å². The Morgan fingerprint density at radius 3 is 2.75 bits per heavy atom. The van der Waals surface area contributed by atoms with E-state index in [4.69, 9.17) is 0 Å². The molecule has 8 heavy (non-hydrogen) atoms. The molecule has 1 aliphatic rings. The molecule has 0 radical (unpaired) electrons. The van der Waals surface area contributed by atoms with Gasteiger partial charge in [0, 0.05) is 6.34 Å². The van der Waals surface area contributed by atoms with Gasteiger partial charge in [-0.15, -0.1) is 0 Å². The standard InChI is InChI=1S/C5H5N2O/c1-2-4-5(8)7-3-6-4/h2H2,1H3/q-1. The molecule has 0 bridgehead atoms. The average Bonchev–Trinajstić information content (AvgIpc) is 2.14. The highest BCUT2D eigenvalue weighted by Gasteiger charge is 1.95. The van der Waals surface area contributed by atoms with E-state index in [0.29, 0.717) is 12.1 Å². The molecule has 3 heteroatoms. The SMILES string of the molecule is CCC1=N[C-]=NC1=O. The van der Waals surface area contributed by atoms with Crippen LogP contribution in [0.4, 0.5) is 0 Å². The van der Waals surface area contributed by atoms with Crippen molar-refractivity contribution in [3.8, 4) is 0 Å². The summed E-state index contributed by atoms with van der Waals surface area (Å²) in [6, 6.07) is 0. The Balaban J connectivity index is 2.73. The van der Waals surface area contributed by atoms with E-state index in [9.17, 15) is 4.79 Å². The lowest BCUT2D eigenvalue weighted by atomic mass is 10.3. The molecule has 1 rings (SSSR count). The van der Waals surface area contributed by atoms with Crippen LogP contribution in [0.15, 0.2) is 9.98 Å². The second kappa shape index (κ2) is 1.86. The van der Waals surface area contributed by atoms with Gasteiger partial charge in [-0.2, -0.15) is 0 Å². The lowest BCUT2D eigenvalue weighted by Gasteiger charge is -1.96. The summed E-state index contributed by atoms with van der Waals surface area (Å²) in [7, 11) is 0. The molecule has 0 spiro atoms. The lowest BCUT2D eigenvalue weighted by molar-refractivity contribution is -0.111. The summed E-state index contributed by atoms with van der Waals surface area (Å²) in [4.78, 5) is 17.3. The van der Waals surface area contributed by atoms with Crippen LogP contribution in [-0.4, -0.2) is 18.0 Å². The molecular formula is C5H5N2O-. The van der Waals surface area contributed by atoms with Gasteiger partial charge in [-0.3, -0.25) is 0 Å². The van der Waals surface area contributed by atoms with E-state index in [2.05, 4.69) is 16.3 Å². The highest BCUT2D eigenvalue weighted by atomic mass is 16.1.